The summed E-state index contributed by atoms with van der Waals surface area (Å²) in [4.78, 5) is 0. The molecule has 0 fully saturated rings. The summed E-state index contributed by atoms with van der Waals surface area (Å²) in [5.41, 5.74) is 0. The first-order chi connectivity index (χ1) is 11.6. The minimum atomic E-state index is -4.47. The molecule has 0 aromatic heterocycles. The summed E-state index contributed by atoms with van der Waals surface area (Å²) < 4.78 is 35.1. The van der Waals surface area contributed by atoms with E-state index < -0.39 is 10.4 Å². The van der Waals surface area contributed by atoms with Gasteiger partial charge >= 0.3 is 0 Å². The van der Waals surface area contributed by atoms with Crippen molar-refractivity contribution in [3.63, 3.8) is 0 Å². The molecule has 154 valence electrons. The van der Waals surface area contributed by atoms with E-state index in [1.165, 1.54) is 64.3 Å². The molecule has 0 saturated carbocycles. The van der Waals surface area contributed by atoms with Gasteiger partial charge in [0.1, 0.15) is 0 Å². The van der Waals surface area contributed by atoms with Crippen LogP contribution in [0, 0.1) is 0 Å². The van der Waals surface area contributed by atoms with Crippen LogP contribution in [0.4, 0.5) is 0 Å². The van der Waals surface area contributed by atoms with E-state index in [1.807, 2.05) is 0 Å². The van der Waals surface area contributed by atoms with E-state index in [0.717, 1.165) is 17.3 Å². The van der Waals surface area contributed by atoms with Crippen LogP contribution in [0.1, 0.15) is 90.9 Å². The van der Waals surface area contributed by atoms with Crippen molar-refractivity contribution in [2.24, 2.45) is 0 Å². The molecule has 0 bridgehead atoms. The number of hydrogen-bond acceptors (Lipinski definition) is 4. The topological polar surface area (TPSA) is 66.4 Å². The first-order valence-electron chi connectivity index (χ1n) is 10.0. The van der Waals surface area contributed by atoms with Crippen molar-refractivity contribution in [3.8, 4) is 0 Å². The number of nitrogens with zero attached hydrogens (tertiary/aromatic N) is 1. The quantitative estimate of drug-likeness (QED) is 0.175. The highest BCUT2D eigenvalue weighted by atomic mass is 32.3. The first-order valence-corrected chi connectivity index (χ1v) is 11.4. The minimum Gasteiger partial charge on any atom is -0.726 e. The number of hydrogen-bond donors (Lipinski definition) is 0. The third kappa shape index (κ3) is 32.0. The molecule has 0 aliphatic heterocycles. The molecule has 0 radical (unpaired) electrons. The predicted molar refractivity (Wildman–Crippen MR) is 105 cm³/mol. The van der Waals surface area contributed by atoms with Gasteiger partial charge in [0.2, 0.25) is 10.4 Å². The van der Waals surface area contributed by atoms with Gasteiger partial charge in [-0.3, -0.25) is 4.18 Å². The normalized spacial score (nSPS) is 11.9. The maximum absolute atomic E-state index is 9.99. The van der Waals surface area contributed by atoms with Crippen molar-refractivity contribution >= 4 is 10.4 Å². The average Bonchev–Trinajstić information content (AvgIpc) is 2.48. The summed E-state index contributed by atoms with van der Waals surface area (Å²) in [7, 11) is 2.34. The number of rotatable bonds is 15. The molecule has 0 aromatic carbocycles. The Morgan fingerprint density at radius 1 is 0.720 bits per heavy atom. The van der Waals surface area contributed by atoms with E-state index in [2.05, 4.69) is 39.2 Å². The van der Waals surface area contributed by atoms with Crippen molar-refractivity contribution in [1.82, 2.24) is 0 Å². The van der Waals surface area contributed by atoms with Crippen LogP contribution in [-0.2, 0) is 14.6 Å². The lowest BCUT2D eigenvalue weighted by Gasteiger charge is -2.23. The summed E-state index contributed by atoms with van der Waals surface area (Å²) in [5, 5.41) is 0. The Bertz CT molecular complexity index is 364. The summed E-state index contributed by atoms with van der Waals surface area (Å²) in [5.74, 6) is 0. The molecule has 0 aliphatic carbocycles. The van der Waals surface area contributed by atoms with E-state index in [9.17, 15) is 13.0 Å². The lowest BCUT2D eigenvalue weighted by molar-refractivity contribution is -0.870. The van der Waals surface area contributed by atoms with E-state index >= 15 is 0 Å². The summed E-state index contributed by atoms with van der Waals surface area (Å²) in [6.07, 6.45) is 14.7. The fourth-order valence-corrected chi connectivity index (χ4v) is 2.73. The Balaban J connectivity index is 0. The smallest absolute Gasteiger partial charge is 0.217 e. The largest absolute Gasteiger partial charge is 0.726 e. The fraction of sp³-hybridized carbons (Fsp3) is 1.00. The number of quaternary nitrogens is 1. The summed E-state index contributed by atoms with van der Waals surface area (Å²) in [6.45, 7) is 5.75. The molecule has 0 amide bonds. The van der Waals surface area contributed by atoms with E-state index in [4.69, 9.17) is 0 Å². The third-order valence-electron chi connectivity index (χ3n) is 3.91. The van der Waals surface area contributed by atoms with Crippen LogP contribution in [0.5, 0.6) is 0 Å². The van der Waals surface area contributed by atoms with Crippen molar-refractivity contribution in [3.05, 3.63) is 0 Å². The van der Waals surface area contributed by atoms with Crippen LogP contribution < -0.4 is 0 Å². The third-order valence-corrected chi connectivity index (χ3v) is 4.36. The molecule has 0 atom stereocenters. The monoisotopic (exact) mass is 381 g/mol. The molecule has 0 N–H and O–H groups in total. The van der Waals surface area contributed by atoms with Gasteiger partial charge in [-0.25, -0.2) is 8.42 Å². The Labute approximate surface area is 157 Å². The maximum atomic E-state index is 9.99. The molecule has 5 nitrogen and oxygen atoms in total. The van der Waals surface area contributed by atoms with E-state index in [0.29, 0.717) is 6.42 Å². The standard InChI is InChI=1S/C11H26N.C8H18O4S/c1-5-6-7-8-9-10-11-12(2,3)4;1-2-3-4-5-6-7-8-12-13(9,10)11/h5-11H2,1-4H3;2-8H2,1H3,(H,9,10,11)/q+1;/p-1. The van der Waals surface area contributed by atoms with Crippen LogP contribution >= 0.6 is 0 Å². The van der Waals surface area contributed by atoms with Gasteiger partial charge in [0.25, 0.3) is 0 Å². The molecule has 0 heterocycles. The Morgan fingerprint density at radius 2 is 1.12 bits per heavy atom. The van der Waals surface area contributed by atoms with Crippen LogP contribution in [0.15, 0.2) is 0 Å². The number of unbranched alkanes of at least 4 members (excludes halogenated alkanes) is 10. The Hall–Kier alpha value is -0.170. The Kier molecular flexibility index (Phi) is 18.7. The van der Waals surface area contributed by atoms with Gasteiger partial charge in [0.05, 0.1) is 34.3 Å². The van der Waals surface area contributed by atoms with Gasteiger partial charge in [-0.15, -0.1) is 0 Å². The van der Waals surface area contributed by atoms with Crippen LogP contribution in [-0.4, -0.2) is 51.7 Å². The molecule has 0 unspecified atom stereocenters. The van der Waals surface area contributed by atoms with E-state index in [-0.39, 0.29) is 6.61 Å². The van der Waals surface area contributed by atoms with Crippen molar-refractivity contribution in [2.75, 3.05) is 34.3 Å². The zero-order valence-corrected chi connectivity index (χ0v) is 18.2. The highest BCUT2D eigenvalue weighted by Gasteiger charge is 2.04. The van der Waals surface area contributed by atoms with Crippen LogP contribution in [0.3, 0.4) is 0 Å². The van der Waals surface area contributed by atoms with Crippen LogP contribution in [0.2, 0.25) is 0 Å². The van der Waals surface area contributed by atoms with Crippen molar-refractivity contribution in [1.29, 1.82) is 0 Å². The molecule has 0 spiro atoms. The summed E-state index contributed by atoms with van der Waals surface area (Å²) in [6, 6.07) is 0. The fourth-order valence-electron chi connectivity index (χ4n) is 2.41. The zero-order chi connectivity index (χ0) is 19.6. The SMILES string of the molecule is CCCCCCCCOS(=O)(=O)[O-].CCCCCCCC[N+](C)(C)C. The second kappa shape index (κ2) is 17.3. The van der Waals surface area contributed by atoms with Gasteiger partial charge in [-0.1, -0.05) is 71.6 Å². The van der Waals surface area contributed by atoms with Crippen molar-refractivity contribution in [2.45, 2.75) is 90.9 Å². The van der Waals surface area contributed by atoms with Gasteiger partial charge in [0.15, 0.2) is 0 Å². The van der Waals surface area contributed by atoms with Gasteiger partial charge in [0, 0.05) is 0 Å². The second-order valence-electron chi connectivity index (χ2n) is 7.78. The molecular weight excluding hydrogens is 338 g/mol. The molecule has 25 heavy (non-hydrogen) atoms. The molecule has 0 rings (SSSR count). The van der Waals surface area contributed by atoms with Crippen molar-refractivity contribution < 1.29 is 21.6 Å². The van der Waals surface area contributed by atoms with Gasteiger partial charge in [-0.2, -0.15) is 0 Å². The Morgan fingerprint density at radius 3 is 1.52 bits per heavy atom. The van der Waals surface area contributed by atoms with Gasteiger partial charge in [-0.05, 0) is 19.3 Å². The lowest BCUT2D eigenvalue weighted by atomic mass is 10.1. The molecular formula is C19H43NO4S. The second-order valence-corrected chi connectivity index (χ2v) is 8.83. The van der Waals surface area contributed by atoms with E-state index in [1.54, 1.807) is 0 Å². The average molecular weight is 382 g/mol. The van der Waals surface area contributed by atoms with Gasteiger partial charge < -0.3 is 9.04 Å². The maximum Gasteiger partial charge on any atom is 0.217 e. The molecule has 0 aliphatic rings. The summed E-state index contributed by atoms with van der Waals surface area (Å²) >= 11 is 0. The molecule has 0 saturated heterocycles. The lowest BCUT2D eigenvalue weighted by Crippen LogP contribution is -2.35. The highest BCUT2D eigenvalue weighted by molar-refractivity contribution is 7.80. The highest BCUT2D eigenvalue weighted by Crippen LogP contribution is 2.06. The predicted octanol–water partition coefficient (Wildman–Crippen LogP) is 4.88. The first kappa shape index (κ1) is 27.1. The van der Waals surface area contributed by atoms with Crippen LogP contribution in [0.25, 0.3) is 0 Å². The zero-order valence-electron chi connectivity index (χ0n) is 17.4. The molecule has 0 aromatic rings. The molecule has 6 heteroatoms. The minimum absolute atomic E-state index is 0.0258.